The first-order valence-corrected chi connectivity index (χ1v) is 5.85. The van der Waals surface area contributed by atoms with Gasteiger partial charge in [0, 0.05) is 18.0 Å². The van der Waals surface area contributed by atoms with Crippen LogP contribution in [0, 0.1) is 13.8 Å². The topological polar surface area (TPSA) is 54.0 Å². The van der Waals surface area contributed by atoms with E-state index in [0.29, 0.717) is 19.6 Å². The predicted molar refractivity (Wildman–Crippen MR) is 62.0 cm³/mol. The molecule has 0 bridgehead atoms. The first-order valence-electron chi connectivity index (χ1n) is 5.03. The van der Waals surface area contributed by atoms with Gasteiger partial charge >= 0.3 is 0 Å². The third-order valence-corrected chi connectivity index (χ3v) is 3.02. The SMILES string of the molecule is CCNC(=O)CNCc1sc(C)nc1C. The number of thiazole rings is 1. The zero-order chi connectivity index (χ0) is 11.3. The number of nitrogens with zero attached hydrogens (tertiary/aromatic N) is 1. The number of aryl methyl sites for hydroxylation is 2. The number of likely N-dealkylation sites (N-methyl/N-ethyl adjacent to an activating group) is 1. The fourth-order valence-corrected chi connectivity index (χ4v) is 2.19. The van der Waals surface area contributed by atoms with Crippen molar-refractivity contribution in [1.29, 1.82) is 0 Å². The van der Waals surface area contributed by atoms with Crippen LogP contribution in [0.25, 0.3) is 0 Å². The second-order valence-corrected chi connectivity index (χ2v) is 4.59. The van der Waals surface area contributed by atoms with Crippen LogP contribution in [0.2, 0.25) is 0 Å². The second-order valence-electron chi connectivity index (χ2n) is 3.30. The normalized spacial score (nSPS) is 10.3. The lowest BCUT2D eigenvalue weighted by atomic mass is 10.4. The molecule has 2 N–H and O–H groups in total. The lowest BCUT2D eigenvalue weighted by Gasteiger charge is -2.03. The summed E-state index contributed by atoms with van der Waals surface area (Å²) in [4.78, 5) is 16.7. The molecule has 5 heteroatoms. The number of carbonyl (C=O) groups is 1. The Morgan fingerprint density at radius 3 is 2.73 bits per heavy atom. The van der Waals surface area contributed by atoms with Gasteiger partial charge in [0.1, 0.15) is 0 Å². The van der Waals surface area contributed by atoms with Gasteiger partial charge in [-0.3, -0.25) is 4.79 Å². The number of nitrogens with one attached hydrogen (secondary N) is 2. The number of hydrogen-bond donors (Lipinski definition) is 2. The number of amides is 1. The van der Waals surface area contributed by atoms with Crippen molar-refractivity contribution in [3.63, 3.8) is 0 Å². The lowest BCUT2D eigenvalue weighted by molar-refractivity contribution is -0.120. The van der Waals surface area contributed by atoms with E-state index in [4.69, 9.17) is 0 Å². The number of carbonyl (C=O) groups excluding carboxylic acids is 1. The minimum absolute atomic E-state index is 0.0383. The first kappa shape index (κ1) is 12.1. The van der Waals surface area contributed by atoms with Gasteiger partial charge in [-0.2, -0.15) is 0 Å². The monoisotopic (exact) mass is 227 g/mol. The highest BCUT2D eigenvalue weighted by atomic mass is 32.1. The van der Waals surface area contributed by atoms with Crippen molar-refractivity contribution in [2.45, 2.75) is 27.3 Å². The molecule has 0 aliphatic carbocycles. The fraction of sp³-hybridized carbons (Fsp3) is 0.600. The third-order valence-electron chi connectivity index (χ3n) is 1.94. The van der Waals surface area contributed by atoms with Gasteiger partial charge in [0.15, 0.2) is 0 Å². The molecule has 0 atom stereocenters. The summed E-state index contributed by atoms with van der Waals surface area (Å²) in [6, 6.07) is 0. The summed E-state index contributed by atoms with van der Waals surface area (Å²) in [6.07, 6.45) is 0. The summed E-state index contributed by atoms with van der Waals surface area (Å²) in [5, 5.41) is 6.91. The summed E-state index contributed by atoms with van der Waals surface area (Å²) in [5.41, 5.74) is 1.06. The Bertz CT molecular complexity index is 335. The zero-order valence-electron chi connectivity index (χ0n) is 9.39. The predicted octanol–water partition coefficient (Wildman–Crippen LogP) is 0.986. The molecule has 0 spiro atoms. The van der Waals surface area contributed by atoms with Crippen molar-refractivity contribution in [2.75, 3.05) is 13.1 Å². The summed E-state index contributed by atoms with van der Waals surface area (Å²) >= 11 is 1.67. The highest BCUT2D eigenvalue weighted by Gasteiger charge is 2.05. The van der Waals surface area contributed by atoms with Gasteiger partial charge in [-0.05, 0) is 20.8 Å². The van der Waals surface area contributed by atoms with E-state index in [0.717, 1.165) is 10.7 Å². The minimum Gasteiger partial charge on any atom is -0.355 e. The van der Waals surface area contributed by atoms with Crippen LogP contribution in [0.5, 0.6) is 0 Å². The van der Waals surface area contributed by atoms with Gasteiger partial charge in [0.25, 0.3) is 0 Å². The molecular weight excluding hydrogens is 210 g/mol. The van der Waals surface area contributed by atoms with Crippen LogP contribution in [0.1, 0.15) is 22.5 Å². The van der Waals surface area contributed by atoms with Crippen molar-refractivity contribution in [2.24, 2.45) is 0 Å². The van der Waals surface area contributed by atoms with E-state index in [2.05, 4.69) is 15.6 Å². The molecular formula is C10H17N3OS. The molecule has 1 aromatic rings. The summed E-state index contributed by atoms with van der Waals surface area (Å²) in [6.45, 7) is 7.66. The molecule has 4 nitrogen and oxygen atoms in total. The Kier molecular flexibility index (Phi) is 4.71. The molecule has 0 aliphatic rings. The van der Waals surface area contributed by atoms with Crippen LogP contribution in [0.3, 0.4) is 0 Å². The average Bonchev–Trinajstić information content (AvgIpc) is 2.46. The van der Waals surface area contributed by atoms with Crippen molar-refractivity contribution in [3.05, 3.63) is 15.6 Å². The van der Waals surface area contributed by atoms with E-state index in [1.807, 2.05) is 20.8 Å². The lowest BCUT2D eigenvalue weighted by Crippen LogP contribution is -2.33. The molecule has 0 radical (unpaired) electrons. The van der Waals surface area contributed by atoms with Gasteiger partial charge in [0.2, 0.25) is 5.91 Å². The number of aromatic nitrogens is 1. The van der Waals surface area contributed by atoms with Gasteiger partial charge in [-0.15, -0.1) is 11.3 Å². The van der Waals surface area contributed by atoms with Gasteiger partial charge in [0.05, 0.1) is 17.2 Å². The number of rotatable bonds is 5. The van der Waals surface area contributed by atoms with Crippen molar-refractivity contribution >= 4 is 17.2 Å². The van der Waals surface area contributed by atoms with Crippen LogP contribution in [0.4, 0.5) is 0 Å². The summed E-state index contributed by atoms with van der Waals surface area (Å²) < 4.78 is 0. The van der Waals surface area contributed by atoms with E-state index in [1.54, 1.807) is 11.3 Å². The molecule has 1 aromatic heterocycles. The van der Waals surface area contributed by atoms with Crippen LogP contribution in [-0.4, -0.2) is 24.0 Å². The van der Waals surface area contributed by atoms with Crippen molar-refractivity contribution in [3.8, 4) is 0 Å². The third kappa shape index (κ3) is 3.97. The van der Waals surface area contributed by atoms with Gasteiger partial charge in [-0.25, -0.2) is 4.98 Å². The van der Waals surface area contributed by atoms with E-state index >= 15 is 0 Å². The molecule has 1 heterocycles. The standard InChI is InChI=1S/C10H17N3OS/c1-4-12-10(14)6-11-5-9-7(2)13-8(3)15-9/h11H,4-6H2,1-3H3,(H,12,14). The second kappa shape index (κ2) is 5.82. The molecule has 84 valence electrons. The highest BCUT2D eigenvalue weighted by molar-refractivity contribution is 7.11. The van der Waals surface area contributed by atoms with E-state index < -0.39 is 0 Å². The fourth-order valence-electron chi connectivity index (χ4n) is 1.29. The largest absolute Gasteiger partial charge is 0.355 e. The molecule has 0 saturated carbocycles. The molecule has 1 amide bonds. The van der Waals surface area contributed by atoms with Crippen molar-refractivity contribution < 1.29 is 4.79 Å². The highest BCUT2D eigenvalue weighted by Crippen LogP contribution is 2.16. The van der Waals surface area contributed by atoms with Crippen molar-refractivity contribution in [1.82, 2.24) is 15.6 Å². The Morgan fingerprint density at radius 1 is 1.47 bits per heavy atom. The van der Waals surface area contributed by atoms with E-state index in [1.165, 1.54) is 4.88 Å². The first-order chi connectivity index (χ1) is 7.13. The molecule has 0 aliphatic heterocycles. The van der Waals surface area contributed by atoms with E-state index in [9.17, 15) is 4.79 Å². The maximum Gasteiger partial charge on any atom is 0.233 e. The maximum absolute atomic E-state index is 11.1. The zero-order valence-corrected chi connectivity index (χ0v) is 10.2. The Morgan fingerprint density at radius 2 is 2.20 bits per heavy atom. The Labute approximate surface area is 94.1 Å². The molecule has 0 saturated heterocycles. The molecule has 0 aromatic carbocycles. The van der Waals surface area contributed by atoms with Crippen LogP contribution < -0.4 is 10.6 Å². The molecule has 0 unspecified atom stereocenters. The summed E-state index contributed by atoms with van der Waals surface area (Å²) in [7, 11) is 0. The van der Waals surface area contributed by atoms with Gasteiger partial charge in [-0.1, -0.05) is 0 Å². The van der Waals surface area contributed by atoms with E-state index in [-0.39, 0.29) is 5.91 Å². The number of hydrogen-bond acceptors (Lipinski definition) is 4. The maximum atomic E-state index is 11.1. The Balaban J connectivity index is 2.31. The van der Waals surface area contributed by atoms with Crippen LogP contribution >= 0.6 is 11.3 Å². The quantitative estimate of drug-likeness (QED) is 0.788. The minimum atomic E-state index is 0.0383. The Hall–Kier alpha value is -0.940. The van der Waals surface area contributed by atoms with Crippen LogP contribution in [0.15, 0.2) is 0 Å². The average molecular weight is 227 g/mol. The smallest absolute Gasteiger partial charge is 0.233 e. The van der Waals surface area contributed by atoms with Gasteiger partial charge < -0.3 is 10.6 Å². The molecule has 0 fully saturated rings. The molecule has 15 heavy (non-hydrogen) atoms. The molecule has 1 rings (SSSR count). The van der Waals surface area contributed by atoms with Crippen LogP contribution in [-0.2, 0) is 11.3 Å². The summed E-state index contributed by atoms with van der Waals surface area (Å²) in [5.74, 6) is 0.0383.